The highest BCUT2D eigenvalue weighted by atomic mass is 35.5. The molecule has 6 nitrogen and oxygen atoms in total. The molecule has 0 saturated carbocycles. The van der Waals surface area contributed by atoms with Gasteiger partial charge in [-0.3, -0.25) is 4.79 Å². The van der Waals surface area contributed by atoms with Crippen molar-refractivity contribution in [3.8, 4) is 11.6 Å². The first-order valence-electron chi connectivity index (χ1n) is 9.68. The number of anilines is 1. The number of hydrogen-bond donors (Lipinski definition) is 0. The first-order chi connectivity index (χ1) is 14.9. The summed E-state index contributed by atoms with van der Waals surface area (Å²) in [5.41, 5.74) is 0.493. The SMILES string of the molecule is CC1CN(c2cc(Oc3ccc(Cl)cc3F)ncn2)CCN1C(=O)c1ccccc1Cl. The molecule has 1 aliphatic heterocycles. The molecule has 9 heteroatoms. The van der Waals surface area contributed by atoms with E-state index in [-0.39, 0.29) is 28.6 Å². The maximum absolute atomic E-state index is 14.0. The Bertz CT molecular complexity index is 1110. The van der Waals surface area contributed by atoms with Gasteiger partial charge in [0.05, 0.1) is 10.6 Å². The van der Waals surface area contributed by atoms with Gasteiger partial charge in [0, 0.05) is 36.8 Å². The largest absolute Gasteiger partial charge is 0.436 e. The second-order valence-corrected chi connectivity index (χ2v) is 8.01. The normalized spacial score (nSPS) is 16.3. The monoisotopic (exact) mass is 460 g/mol. The molecule has 0 bridgehead atoms. The van der Waals surface area contributed by atoms with Crippen molar-refractivity contribution in [1.29, 1.82) is 0 Å². The fourth-order valence-electron chi connectivity index (χ4n) is 3.49. The van der Waals surface area contributed by atoms with Crippen molar-refractivity contribution in [3.63, 3.8) is 0 Å². The molecule has 0 radical (unpaired) electrons. The van der Waals surface area contributed by atoms with Crippen molar-refractivity contribution in [3.05, 3.63) is 76.3 Å². The van der Waals surface area contributed by atoms with Gasteiger partial charge in [-0.25, -0.2) is 14.4 Å². The summed E-state index contributed by atoms with van der Waals surface area (Å²) in [6.07, 6.45) is 1.37. The zero-order valence-electron chi connectivity index (χ0n) is 16.6. The number of rotatable bonds is 4. The van der Waals surface area contributed by atoms with Crippen molar-refractivity contribution < 1.29 is 13.9 Å². The van der Waals surface area contributed by atoms with E-state index >= 15 is 0 Å². The quantitative estimate of drug-likeness (QED) is 0.544. The fraction of sp³-hybridized carbons (Fsp3) is 0.227. The molecule has 31 heavy (non-hydrogen) atoms. The summed E-state index contributed by atoms with van der Waals surface area (Å²) in [6.45, 7) is 3.63. The lowest BCUT2D eigenvalue weighted by atomic mass is 10.1. The molecule has 2 aromatic carbocycles. The number of aromatic nitrogens is 2. The molecule has 0 aliphatic carbocycles. The van der Waals surface area contributed by atoms with Gasteiger partial charge in [0.1, 0.15) is 12.1 Å². The summed E-state index contributed by atoms with van der Waals surface area (Å²) in [5.74, 6) is 0.206. The third-order valence-corrected chi connectivity index (χ3v) is 5.62. The zero-order chi connectivity index (χ0) is 22.0. The Morgan fingerprint density at radius 2 is 1.94 bits per heavy atom. The number of piperazine rings is 1. The Labute approximate surface area is 189 Å². The van der Waals surface area contributed by atoms with Crippen LogP contribution in [0.2, 0.25) is 10.0 Å². The van der Waals surface area contributed by atoms with Crippen LogP contribution in [0.1, 0.15) is 17.3 Å². The first-order valence-corrected chi connectivity index (χ1v) is 10.4. The highest BCUT2D eigenvalue weighted by molar-refractivity contribution is 6.33. The molecule has 1 amide bonds. The van der Waals surface area contributed by atoms with E-state index in [2.05, 4.69) is 9.97 Å². The lowest BCUT2D eigenvalue weighted by Crippen LogP contribution is -2.54. The number of benzene rings is 2. The Morgan fingerprint density at radius 3 is 2.68 bits per heavy atom. The van der Waals surface area contributed by atoms with E-state index in [0.717, 1.165) is 0 Å². The van der Waals surface area contributed by atoms with Crippen molar-refractivity contribution in [1.82, 2.24) is 14.9 Å². The van der Waals surface area contributed by atoms with E-state index in [9.17, 15) is 9.18 Å². The van der Waals surface area contributed by atoms with Crippen LogP contribution in [0.3, 0.4) is 0 Å². The summed E-state index contributed by atoms with van der Waals surface area (Å²) in [5, 5.41) is 0.723. The molecule has 1 unspecified atom stereocenters. The predicted molar refractivity (Wildman–Crippen MR) is 118 cm³/mol. The Balaban J connectivity index is 1.46. The van der Waals surface area contributed by atoms with Crippen LogP contribution in [0.15, 0.2) is 54.9 Å². The summed E-state index contributed by atoms with van der Waals surface area (Å²) in [4.78, 5) is 25.1. The average molecular weight is 461 g/mol. The van der Waals surface area contributed by atoms with Gasteiger partial charge >= 0.3 is 0 Å². The van der Waals surface area contributed by atoms with Crippen LogP contribution in [-0.2, 0) is 0 Å². The third-order valence-electron chi connectivity index (χ3n) is 5.05. The van der Waals surface area contributed by atoms with Crippen molar-refractivity contribution in [2.45, 2.75) is 13.0 Å². The van der Waals surface area contributed by atoms with E-state index < -0.39 is 5.82 Å². The number of carbonyl (C=O) groups is 1. The maximum Gasteiger partial charge on any atom is 0.255 e. The second kappa shape index (κ2) is 9.08. The third kappa shape index (κ3) is 4.73. The van der Waals surface area contributed by atoms with Gasteiger partial charge in [0.2, 0.25) is 5.88 Å². The lowest BCUT2D eigenvalue weighted by molar-refractivity contribution is 0.0674. The average Bonchev–Trinajstić information content (AvgIpc) is 2.76. The van der Waals surface area contributed by atoms with Crippen LogP contribution >= 0.6 is 23.2 Å². The second-order valence-electron chi connectivity index (χ2n) is 7.16. The molecular weight excluding hydrogens is 442 g/mol. The molecule has 1 aromatic heterocycles. The van der Waals surface area contributed by atoms with Crippen LogP contribution < -0.4 is 9.64 Å². The molecule has 2 heterocycles. The molecule has 4 rings (SSSR count). The molecule has 1 aliphatic rings. The van der Waals surface area contributed by atoms with Crippen LogP contribution in [0.25, 0.3) is 0 Å². The van der Waals surface area contributed by atoms with Gasteiger partial charge in [-0.2, -0.15) is 0 Å². The topological polar surface area (TPSA) is 58.6 Å². The van der Waals surface area contributed by atoms with Crippen molar-refractivity contribution in [2.75, 3.05) is 24.5 Å². The molecular formula is C22H19Cl2FN4O2. The standard InChI is InChI=1S/C22H19Cl2FN4O2/c1-14-12-28(8-9-29(14)22(30)16-4-2-3-5-17(16)24)20-11-21(27-13-26-20)31-19-7-6-15(23)10-18(19)25/h2-7,10-11,13-14H,8-9,12H2,1H3. The minimum Gasteiger partial charge on any atom is -0.436 e. The number of halogens is 3. The van der Waals surface area contributed by atoms with Gasteiger partial charge in [-0.1, -0.05) is 35.3 Å². The van der Waals surface area contributed by atoms with Gasteiger partial charge in [0.25, 0.3) is 5.91 Å². The number of hydrogen-bond acceptors (Lipinski definition) is 5. The van der Waals surface area contributed by atoms with Gasteiger partial charge in [-0.05, 0) is 37.3 Å². The van der Waals surface area contributed by atoms with E-state index in [1.54, 1.807) is 41.3 Å². The lowest BCUT2D eigenvalue weighted by Gasteiger charge is -2.40. The fourth-order valence-corrected chi connectivity index (χ4v) is 3.86. The summed E-state index contributed by atoms with van der Waals surface area (Å²) < 4.78 is 19.6. The van der Waals surface area contributed by atoms with Crippen LogP contribution in [-0.4, -0.2) is 46.5 Å². The smallest absolute Gasteiger partial charge is 0.255 e. The highest BCUT2D eigenvalue weighted by Gasteiger charge is 2.29. The van der Waals surface area contributed by atoms with E-state index in [1.807, 2.05) is 11.8 Å². The molecule has 0 spiro atoms. The molecule has 160 valence electrons. The summed E-state index contributed by atoms with van der Waals surface area (Å²) in [7, 11) is 0. The first kappa shape index (κ1) is 21.3. The molecule has 1 saturated heterocycles. The number of nitrogens with zero attached hydrogens (tertiary/aromatic N) is 4. The molecule has 0 N–H and O–H groups in total. The Morgan fingerprint density at radius 1 is 1.13 bits per heavy atom. The number of carbonyl (C=O) groups excluding carboxylic acids is 1. The Kier molecular flexibility index (Phi) is 6.25. The summed E-state index contributed by atoms with van der Waals surface area (Å²) >= 11 is 12.0. The number of amides is 1. The van der Waals surface area contributed by atoms with Crippen molar-refractivity contribution >= 4 is 34.9 Å². The van der Waals surface area contributed by atoms with Gasteiger partial charge in [-0.15, -0.1) is 0 Å². The Hall–Kier alpha value is -2.90. The van der Waals surface area contributed by atoms with Gasteiger partial charge < -0.3 is 14.5 Å². The van der Waals surface area contributed by atoms with Crippen LogP contribution in [0.4, 0.5) is 10.2 Å². The maximum atomic E-state index is 14.0. The molecule has 1 atom stereocenters. The van der Waals surface area contributed by atoms with E-state index in [1.165, 1.54) is 18.5 Å². The van der Waals surface area contributed by atoms with Crippen LogP contribution in [0.5, 0.6) is 11.6 Å². The van der Waals surface area contributed by atoms with Crippen molar-refractivity contribution in [2.24, 2.45) is 0 Å². The molecule has 1 fully saturated rings. The number of ether oxygens (including phenoxy) is 1. The zero-order valence-corrected chi connectivity index (χ0v) is 18.1. The van der Waals surface area contributed by atoms with Crippen LogP contribution in [0, 0.1) is 5.82 Å². The molecule has 3 aromatic rings. The van der Waals surface area contributed by atoms with E-state index in [4.69, 9.17) is 27.9 Å². The highest BCUT2D eigenvalue weighted by Crippen LogP contribution is 2.28. The minimum atomic E-state index is -0.576. The van der Waals surface area contributed by atoms with Gasteiger partial charge in [0.15, 0.2) is 11.6 Å². The predicted octanol–water partition coefficient (Wildman–Crippen LogP) is 5.07. The summed E-state index contributed by atoms with van der Waals surface area (Å²) in [6, 6.07) is 12.8. The van der Waals surface area contributed by atoms with E-state index in [0.29, 0.717) is 36.0 Å². The minimum absolute atomic E-state index is 0.0255.